The molecule has 26 heavy (non-hydrogen) atoms. The number of imidazole rings is 1. The number of hydrogen-bond donors (Lipinski definition) is 1. The number of aliphatic hydroxyl groups excluding tert-OH is 1. The third-order valence-electron chi connectivity index (χ3n) is 5.22. The molecule has 5 nitrogen and oxygen atoms in total. The Labute approximate surface area is 150 Å². The Bertz CT molecular complexity index is 1100. The van der Waals surface area contributed by atoms with Crippen LogP contribution >= 0.6 is 0 Å². The molecular weight excluding hydrogens is 328 g/mol. The van der Waals surface area contributed by atoms with Crippen molar-refractivity contribution in [2.45, 2.75) is 18.6 Å². The minimum absolute atomic E-state index is 0.0449. The highest BCUT2D eigenvalue weighted by Gasteiger charge is 2.31. The van der Waals surface area contributed by atoms with Crippen molar-refractivity contribution in [1.29, 1.82) is 0 Å². The second kappa shape index (κ2) is 5.75. The zero-order valence-corrected chi connectivity index (χ0v) is 14.3. The average Bonchev–Trinajstić information content (AvgIpc) is 3.38. The Morgan fingerprint density at radius 3 is 3.00 bits per heavy atom. The molecule has 0 spiro atoms. The lowest BCUT2D eigenvalue weighted by Gasteiger charge is -2.21. The number of ether oxygens (including phenoxy) is 1. The number of nitrogens with zero attached hydrogens (tertiary/aromatic N) is 2. The van der Waals surface area contributed by atoms with Gasteiger partial charge in [-0.15, -0.1) is 0 Å². The van der Waals surface area contributed by atoms with E-state index in [0.717, 1.165) is 22.2 Å². The standard InChI is InChI=1S/C21H18N2O3/c1-25-21-15(6-7-20-16(21)8-9-26-20)19(24)10-17-13-4-2-3-5-14(13)18-11-22-12-23(17)18/h2-9,11-12,17,19,24H,10H2,1H3. The van der Waals surface area contributed by atoms with Crippen LogP contribution in [0.1, 0.15) is 29.7 Å². The van der Waals surface area contributed by atoms with Gasteiger partial charge in [-0.05, 0) is 23.8 Å². The molecule has 4 aromatic rings. The van der Waals surface area contributed by atoms with E-state index in [1.807, 2.05) is 42.9 Å². The van der Waals surface area contributed by atoms with Crippen molar-refractivity contribution in [3.8, 4) is 17.0 Å². The minimum Gasteiger partial charge on any atom is -0.496 e. The third kappa shape index (κ3) is 2.10. The monoisotopic (exact) mass is 346 g/mol. The Hall–Kier alpha value is -3.05. The Morgan fingerprint density at radius 1 is 1.23 bits per heavy atom. The summed E-state index contributed by atoms with van der Waals surface area (Å²) in [5.74, 6) is 0.667. The summed E-state index contributed by atoms with van der Waals surface area (Å²) in [5.41, 5.74) is 5.01. The zero-order valence-electron chi connectivity index (χ0n) is 14.3. The highest BCUT2D eigenvalue weighted by Crippen LogP contribution is 2.44. The molecule has 3 heterocycles. The third-order valence-corrected chi connectivity index (χ3v) is 5.22. The van der Waals surface area contributed by atoms with E-state index in [2.05, 4.69) is 21.7 Å². The lowest BCUT2D eigenvalue weighted by atomic mass is 9.95. The summed E-state index contributed by atoms with van der Waals surface area (Å²) in [4.78, 5) is 4.28. The van der Waals surface area contributed by atoms with Crippen LogP contribution in [0.4, 0.5) is 0 Å². The average molecular weight is 346 g/mol. The Balaban J connectivity index is 1.55. The largest absolute Gasteiger partial charge is 0.496 e. The number of aliphatic hydroxyl groups is 1. The smallest absolute Gasteiger partial charge is 0.137 e. The van der Waals surface area contributed by atoms with Gasteiger partial charge >= 0.3 is 0 Å². The van der Waals surface area contributed by atoms with Gasteiger partial charge in [0.05, 0.1) is 49.1 Å². The predicted octanol–water partition coefficient (Wildman–Crippen LogP) is 4.33. The molecule has 0 bridgehead atoms. The molecule has 2 aromatic carbocycles. The number of aromatic nitrogens is 2. The van der Waals surface area contributed by atoms with Crippen molar-refractivity contribution in [2.75, 3.05) is 7.11 Å². The molecule has 2 unspecified atom stereocenters. The molecule has 5 rings (SSSR count). The molecule has 130 valence electrons. The quantitative estimate of drug-likeness (QED) is 0.597. The topological polar surface area (TPSA) is 60.4 Å². The van der Waals surface area contributed by atoms with Crippen LogP contribution < -0.4 is 4.74 Å². The van der Waals surface area contributed by atoms with Crippen molar-refractivity contribution in [3.05, 3.63) is 72.4 Å². The fourth-order valence-electron chi connectivity index (χ4n) is 4.04. The number of benzene rings is 2. The van der Waals surface area contributed by atoms with Crippen molar-refractivity contribution >= 4 is 11.0 Å². The van der Waals surface area contributed by atoms with Gasteiger partial charge < -0.3 is 18.8 Å². The summed E-state index contributed by atoms with van der Waals surface area (Å²) in [6.45, 7) is 0. The summed E-state index contributed by atoms with van der Waals surface area (Å²) in [6.07, 6.45) is 5.22. The summed E-state index contributed by atoms with van der Waals surface area (Å²) < 4.78 is 13.2. The van der Waals surface area contributed by atoms with E-state index in [9.17, 15) is 5.11 Å². The van der Waals surface area contributed by atoms with E-state index in [-0.39, 0.29) is 6.04 Å². The van der Waals surface area contributed by atoms with E-state index >= 15 is 0 Å². The maximum absolute atomic E-state index is 11.0. The van der Waals surface area contributed by atoms with E-state index < -0.39 is 6.10 Å². The van der Waals surface area contributed by atoms with Gasteiger partial charge in [0, 0.05) is 17.5 Å². The molecule has 0 fully saturated rings. The van der Waals surface area contributed by atoms with Crippen molar-refractivity contribution in [2.24, 2.45) is 0 Å². The lowest BCUT2D eigenvalue weighted by molar-refractivity contribution is 0.150. The molecule has 1 N–H and O–H groups in total. The second-order valence-corrected chi connectivity index (χ2v) is 6.56. The summed E-state index contributed by atoms with van der Waals surface area (Å²) in [7, 11) is 1.62. The molecule has 0 radical (unpaired) electrons. The number of hydrogen-bond acceptors (Lipinski definition) is 4. The van der Waals surface area contributed by atoms with Crippen LogP contribution in [-0.4, -0.2) is 21.8 Å². The number of furan rings is 1. The van der Waals surface area contributed by atoms with Crippen LogP contribution in [-0.2, 0) is 0 Å². The first-order valence-corrected chi connectivity index (χ1v) is 8.61. The van der Waals surface area contributed by atoms with Gasteiger partial charge in [-0.3, -0.25) is 0 Å². The van der Waals surface area contributed by atoms with Gasteiger partial charge in [0.15, 0.2) is 0 Å². The van der Waals surface area contributed by atoms with E-state index in [4.69, 9.17) is 9.15 Å². The minimum atomic E-state index is -0.671. The molecule has 0 saturated carbocycles. The van der Waals surface area contributed by atoms with E-state index in [1.54, 1.807) is 13.4 Å². The second-order valence-electron chi connectivity index (χ2n) is 6.56. The van der Waals surface area contributed by atoms with Gasteiger partial charge in [0.2, 0.25) is 0 Å². The van der Waals surface area contributed by atoms with Crippen LogP contribution in [0.3, 0.4) is 0 Å². The van der Waals surface area contributed by atoms with Gasteiger partial charge in [-0.1, -0.05) is 24.3 Å². The van der Waals surface area contributed by atoms with Crippen LogP contribution in [0.5, 0.6) is 5.75 Å². The molecule has 5 heteroatoms. The maximum atomic E-state index is 11.0. The molecular formula is C21H18N2O3. The van der Waals surface area contributed by atoms with Gasteiger partial charge in [0.25, 0.3) is 0 Å². The first kappa shape index (κ1) is 15.2. The Kier molecular flexibility index (Phi) is 3.36. The number of rotatable bonds is 4. The number of methoxy groups -OCH3 is 1. The molecule has 0 amide bonds. The molecule has 2 aromatic heterocycles. The zero-order chi connectivity index (χ0) is 17.7. The summed E-state index contributed by atoms with van der Waals surface area (Å²) >= 11 is 0. The van der Waals surface area contributed by atoms with E-state index in [1.165, 1.54) is 11.1 Å². The molecule has 1 aliphatic rings. The maximum Gasteiger partial charge on any atom is 0.137 e. The predicted molar refractivity (Wildman–Crippen MR) is 98.1 cm³/mol. The molecule has 0 aliphatic carbocycles. The number of fused-ring (bicyclic) bond motifs is 4. The van der Waals surface area contributed by atoms with Gasteiger partial charge in [-0.2, -0.15) is 0 Å². The van der Waals surface area contributed by atoms with Crippen LogP contribution in [0, 0.1) is 0 Å². The first-order chi connectivity index (χ1) is 12.8. The summed E-state index contributed by atoms with van der Waals surface area (Å²) in [6, 6.07) is 14.0. The normalized spacial score (nSPS) is 16.5. The lowest BCUT2D eigenvalue weighted by Crippen LogP contribution is -2.11. The summed E-state index contributed by atoms with van der Waals surface area (Å²) in [5, 5.41) is 11.9. The Morgan fingerprint density at radius 2 is 2.12 bits per heavy atom. The van der Waals surface area contributed by atoms with E-state index in [0.29, 0.717) is 12.2 Å². The fraction of sp³-hybridized carbons (Fsp3) is 0.190. The van der Waals surface area contributed by atoms with Gasteiger partial charge in [0.1, 0.15) is 11.3 Å². The van der Waals surface area contributed by atoms with Crippen molar-refractivity contribution < 1.29 is 14.3 Å². The highest BCUT2D eigenvalue weighted by atomic mass is 16.5. The molecule has 1 aliphatic heterocycles. The first-order valence-electron chi connectivity index (χ1n) is 8.61. The van der Waals surface area contributed by atoms with Crippen LogP contribution in [0.25, 0.3) is 22.2 Å². The van der Waals surface area contributed by atoms with Crippen LogP contribution in [0.15, 0.2) is 65.7 Å². The molecule has 0 saturated heterocycles. The molecule has 2 atom stereocenters. The van der Waals surface area contributed by atoms with Crippen molar-refractivity contribution in [3.63, 3.8) is 0 Å². The highest BCUT2D eigenvalue weighted by molar-refractivity contribution is 5.85. The van der Waals surface area contributed by atoms with Gasteiger partial charge in [-0.25, -0.2) is 4.98 Å². The van der Waals surface area contributed by atoms with Crippen LogP contribution in [0.2, 0.25) is 0 Å². The van der Waals surface area contributed by atoms with Crippen molar-refractivity contribution in [1.82, 2.24) is 9.55 Å². The SMILES string of the molecule is COc1c(C(O)CC2c3ccccc3-c3cncn32)ccc2occc12. The fourth-order valence-corrected chi connectivity index (χ4v) is 4.04.